The van der Waals surface area contributed by atoms with Crippen molar-refractivity contribution in [3.63, 3.8) is 0 Å². The van der Waals surface area contributed by atoms with Gasteiger partial charge in [-0.15, -0.1) is 0 Å². The number of aromatic nitrogens is 4. The number of hydrogen-bond acceptors (Lipinski definition) is 5. The highest BCUT2D eigenvalue weighted by Crippen LogP contribution is 2.22. The lowest BCUT2D eigenvalue weighted by Crippen LogP contribution is -2.24. The van der Waals surface area contributed by atoms with Crippen molar-refractivity contribution in [2.75, 3.05) is 0 Å². The lowest BCUT2D eigenvalue weighted by atomic mass is 10.1. The number of pyridine rings is 4. The molecule has 166 valence electrons. The van der Waals surface area contributed by atoms with Crippen molar-refractivity contribution in [3.8, 4) is 22.5 Å². The van der Waals surface area contributed by atoms with E-state index in [0.29, 0.717) is 19.6 Å². The van der Waals surface area contributed by atoms with Crippen molar-refractivity contribution in [1.82, 2.24) is 24.8 Å². The zero-order valence-corrected chi connectivity index (χ0v) is 18.8. The van der Waals surface area contributed by atoms with E-state index in [1.807, 2.05) is 91.4 Å². The molecule has 5 aromatic rings. The summed E-state index contributed by atoms with van der Waals surface area (Å²) in [5.41, 5.74) is 7.01. The van der Waals surface area contributed by atoms with Crippen LogP contribution in [0.15, 0.2) is 116 Å². The summed E-state index contributed by atoms with van der Waals surface area (Å²) in [5.74, 6) is 0. The first kappa shape index (κ1) is 21.6. The van der Waals surface area contributed by atoms with E-state index in [-0.39, 0.29) is 0 Å². The van der Waals surface area contributed by atoms with E-state index in [1.54, 1.807) is 0 Å². The molecule has 0 radical (unpaired) electrons. The molecule has 0 aliphatic carbocycles. The maximum atomic E-state index is 4.92. The molecule has 4 heterocycles. The maximum absolute atomic E-state index is 4.92. The average molecular weight is 444 g/mol. The lowest BCUT2D eigenvalue weighted by molar-refractivity contribution is 0.239. The van der Waals surface area contributed by atoms with Crippen LogP contribution in [0.1, 0.15) is 17.1 Å². The fourth-order valence-electron chi connectivity index (χ4n) is 3.90. The molecule has 0 aliphatic rings. The minimum atomic E-state index is 0.684. The summed E-state index contributed by atoms with van der Waals surface area (Å²) < 4.78 is 0. The van der Waals surface area contributed by atoms with Crippen LogP contribution in [0.4, 0.5) is 0 Å². The highest BCUT2D eigenvalue weighted by Gasteiger charge is 2.12. The number of benzene rings is 1. The van der Waals surface area contributed by atoms with E-state index in [4.69, 9.17) is 4.98 Å². The SMILES string of the molecule is c1ccc(-c2ccc(-c3cccc(CN(Cc4ccccn4)Cc4ccccn4)n3)nc2)cc1. The van der Waals surface area contributed by atoms with Crippen LogP contribution in [0.5, 0.6) is 0 Å². The van der Waals surface area contributed by atoms with Gasteiger partial charge in [0.2, 0.25) is 0 Å². The van der Waals surface area contributed by atoms with Crippen molar-refractivity contribution < 1.29 is 0 Å². The second-order valence-electron chi connectivity index (χ2n) is 8.10. The molecule has 0 N–H and O–H groups in total. The molecule has 5 heteroatoms. The van der Waals surface area contributed by atoms with Gasteiger partial charge in [-0.2, -0.15) is 0 Å². The molecule has 1 aromatic carbocycles. The van der Waals surface area contributed by atoms with Crippen LogP contribution in [-0.4, -0.2) is 24.8 Å². The van der Waals surface area contributed by atoms with E-state index in [9.17, 15) is 0 Å². The summed E-state index contributed by atoms with van der Waals surface area (Å²) in [6.45, 7) is 2.11. The van der Waals surface area contributed by atoms with E-state index in [0.717, 1.165) is 39.6 Å². The Hall–Kier alpha value is -4.22. The highest BCUT2D eigenvalue weighted by atomic mass is 15.1. The van der Waals surface area contributed by atoms with Crippen LogP contribution < -0.4 is 0 Å². The third-order valence-corrected chi connectivity index (χ3v) is 5.55. The normalized spacial score (nSPS) is 11.0. The Balaban J connectivity index is 1.36. The van der Waals surface area contributed by atoms with Gasteiger partial charge in [-0.3, -0.25) is 19.9 Å². The molecule has 0 saturated carbocycles. The molecule has 0 unspecified atom stereocenters. The number of nitrogens with zero attached hydrogens (tertiary/aromatic N) is 5. The summed E-state index contributed by atoms with van der Waals surface area (Å²) in [5, 5.41) is 0. The summed E-state index contributed by atoms with van der Waals surface area (Å²) in [6.07, 6.45) is 5.57. The second-order valence-corrected chi connectivity index (χ2v) is 8.10. The minimum Gasteiger partial charge on any atom is -0.286 e. The zero-order chi connectivity index (χ0) is 23.0. The Kier molecular flexibility index (Phi) is 6.74. The topological polar surface area (TPSA) is 54.8 Å². The van der Waals surface area contributed by atoms with Crippen molar-refractivity contribution in [2.45, 2.75) is 19.6 Å². The first-order valence-corrected chi connectivity index (χ1v) is 11.3. The quantitative estimate of drug-likeness (QED) is 0.303. The molecule has 0 bridgehead atoms. The van der Waals surface area contributed by atoms with Crippen LogP contribution in [0.25, 0.3) is 22.5 Å². The summed E-state index contributed by atoms with van der Waals surface area (Å²) in [7, 11) is 0. The Morgan fingerprint density at radius 3 is 1.74 bits per heavy atom. The molecule has 5 rings (SSSR count). The largest absolute Gasteiger partial charge is 0.286 e. The van der Waals surface area contributed by atoms with Gasteiger partial charge in [-0.05, 0) is 48.0 Å². The van der Waals surface area contributed by atoms with E-state index in [1.165, 1.54) is 0 Å². The van der Waals surface area contributed by atoms with Gasteiger partial charge in [0.1, 0.15) is 0 Å². The first-order valence-electron chi connectivity index (χ1n) is 11.3. The minimum absolute atomic E-state index is 0.684. The van der Waals surface area contributed by atoms with Crippen LogP contribution in [-0.2, 0) is 19.6 Å². The monoisotopic (exact) mass is 443 g/mol. The van der Waals surface area contributed by atoms with Gasteiger partial charge in [0.15, 0.2) is 0 Å². The molecule has 0 aliphatic heterocycles. The predicted molar refractivity (Wildman–Crippen MR) is 134 cm³/mol. The van der Waals surface area contributed by atoms with Crippen molar-refractivity contribution in [1.29, 1.82) is 0 Å². The van der Waals surface area contributed by atoms with Crippen LogP contribution in [0.2, 0.25) is 0 Å². The van der Waals surface area contributed by atoms with Crippen molar-refractivity contribution in [2.24, 2.45) is 0 Å². The Morgan fingerprint density at radius 2 is 1.12 bits per heavy atom. The molecule has 34 heavy (non-hydrogen) atoms. The summed E-state index contributed by atoms with van der Waals surface area (Å²) >= 11 is 0. The molecule has 4 aromatic heterocycles. The van der Waals surface area contributed by atoms with E-state index >= 15 is 0 Å². The molecule has 0 atom stereocenters. The third-order valence-electron chi connectivity index (χ3n) is 5.55. The number of hydrogen-bond donors (Lipinski definition) is 0. The third kappa shape index (κ3) is 5.57. The van der Waals surface area contributed by atoms with Crippen LogP contribution in [0, 0.1) is 0 Å². The Labute approximate surface area is 199 Å². The Bertz CT molecular complexity index is 1270. The van der Waals surface area contributed by atoms with E-state index < -0.39 is 0 Å². The molecular weight excluding hydrogens is 418 g/mol. The van der Waals surface area contributed by atoms with Crippen molar-refractivity contribution >= 4 is 0 Å². The molecule has 0 spiro atoms. The van der Waals surface area contributed by atoms with Gasteiger partial charge in [-0.1, -0.05) is 54.6 Å². The van der Waals surface area contributed by atoms with E-state index in [2.05, 4.69) is 44.1 Å². The summed E-state index contributed by atoms with van der Waals surface area (Å²) in [6, 6.07) is 32.5. The standard InChI is InChI=1S/C29H25N5/c1-2-9-23(10-3-1)24-15-16-28(32-19-24)29-14-8-13-27(33-29)22-34(20-25-11-4-6-17-30-25)21-26-12-5-7-18-31-26/h1-19H,20-22H2. The van der Waals surface area contributed by atoms with Crippen LogP contribution in [0.3, 0.4) is 0 Å². The highest BCUT2D eigenvalue weighted by molar-refractivity contribution is 5.65. The van der Waals surface area contributed by atoms with Gasteiger partial charge in [-0.25, -0.2) is 4.98 Å². The molecule has 0 saturated heterocycles. The van der Waals surface area contributed by atoms with Gasteiger partial charge in [0.25, 0.3) is 0 Å². The summed E-state index contributed by atoms with van der Waals surface area (Å²) in [4.78, 5) is 20.9. The lowest BCUT2D eigenvalue weighted by Gasteiger charge is -2.21. The fraction of sp³-hybridized carbons (Fsp3) is 0.103. The first-order chi connectivity index (χ1) is 16.8. The molecule has 0 amide bonds. The van der Waals surface area contributed by atoms with Gasteiger partial charge in [0.05, 0.1) is 28.5 Å². The molecule has 0 fully saturated rings. The smallest absolute Gasteiger partial charge is 0.0890 e. The van der Waals surface area contributed by atoms with Gasteiger partial charge >= 0.3 is 0 Å². The molecule has 5 nitrogen and oxygen atoms in total. The molecular formula is C29H25N5. The van der Waals surface area contributed by atoms with Crippen molar-refractivity contribution in [3.05, 3.63) is 133 Å². The van der Waals surface area contributed by atoms with Gasteiger partial charge < -0.3 is 0 Å². The van der Waals surface area contributed by atoms with Crippen LogP contribution >= 0.6 is 0 Å². The zero-order valence-electron chi connectivity index (χ0n) is 18.8. The Morgan fingerprint density at radius 1 is 0.471 bits per heavy atom. The maximum Gasteiger partial charge on any atom is 0.0890 e. The average Bonchev–Trinajstić information content (AvgIpc) is 2.91. The predicted octanol–water partition coefficient (Wildman–Crippen LogP) is 5.80. The fourth-order valence-corrected chi connectivity index (χ4v) is 3.90. The van der Waals surface area contributed by atoms with Gasteiger partial charge in [0, 0.05) is 43.8 Å². The second kappa shape index (κ2) is 10.6. The number of rotatable bonds is 8.